The third-order valence-corrected chi connectivity index (χ3v) is 7.42. The summed E-state index contributed by atoms with van der Waals surface area (Å²) >= 11 is 0. The van der Waals surface area contributed by atoms with Crippen molar-refractivity contribution in [2.75, 3.05) is 7.11 Å². The molecule has 0 bridgehead atoms. The first-order valence-electron chi connectivity index (χ1n) is 6.93. The molecule has 0 radical (unpaired) electrons. The van der Waals surface area contributed by atoms with Gasteiger partial charge < -0.3 is 4.74 Å². The van der Waals surface area contributed by atoms with Gasteiger partial charge in [-0.1, -0.05) is 46.8 Å². The van der Waals surface area contributed by atoms with Gasteiger partial charge in [-0.3, -0.25) is 4.79 Å². The molecule has 0 aromatic carbocycles. The van der Waals surface area contributed by atoms with Gasteiger partial charge in [0.2, 0.25) is 0 Å². The smallest absolute Gasteiger partial charge is 0.404 e. The number of rotatable bonds is 4. The second-order valence-electron chi connectivity index (χ2n) is 6.35. The summed E-state index contributed by atoms with van der Waals surface area (Å²) in [6.45, 7) is 14.1. The van der Waals surface area contributed by atoms with Crippen LogP contribution in [0.5, 0.6) is 0 Å². The predicted molar refractivity (Wildman–Crippen MR) is 79.5 cm³/mol. The molecular weight excluding hydrogens is 285 g/mol. The summed E-state index contributed by atoms with van der Waals surface area (Å²) in [6, 6.07) is 0. The van der Waals surface area contributed by atoms with Crippen LogP contribution in [0, 0.1) is 5.41 Å². The van der Waals surface area contributed by atoms with Gasteiger partial charge in [-0.05, 0) is 18.9 Å². The molecule has 0 amide bonds. The van der Waals surface area contributed by atoms with Crippen LogP contribution in [-0.4, -0.2) is 27.3 Å². The van der Waals surface area contributed by atoms with E-state index in [-0.39, 0.29) is 6.42 Å². The summed E-state index contributed by atoms with van der Waals surface area (Å²) in [5.74, 6) is -1.24. The van der Waals surface area contributed by atoms with Crippen molar-refractivity contribution in [1.82, 2.24) is 0 Å². The SMILES string of the molecule is CCC(C)(C(=O)OC)C(F)(F)F.CCC(C)[Si](C)(C)C. The Morgan fingerprint density at radius 2 is 1.60 bits per heavy atom. The molecule has 0 aromatic heterocycles. The van der Waals surface area contributed by atoms with E-state index in [4.69, 9.17) is 0 Å². The van der Waals surface area contributed by atoms with Gasteiger partial charge in [0.15, 0.2) is 5.41 Å². The number of halogens is 3. The van der Waals surface area contributed by atoms with E-state index in [1.807, 2.05) is 0 Å². The maximum Gasteiger partial charge on any atom is 0.404 e. The van der Waals surface area contributed by atoms with Crippen LogP contribution < -0.4 is 0 Å². The van der Waals surface area contributed by atoms with Crippen LogP contribution in [0.15, 0.2) is 0 Å². The Hall–Kier alpha value is -0.523. The summed E-state index contributed by atoms with van der Waals surface area (Å²) in [5, 5.41) is 0. The van der Waals surface area contributed by atoms with Crippen LogP contribution in [0.3, 0.4) is 0 Å². The normalized spacial score (nSPS) is 16.6. The molecule has 0 saturated carbocycles. The standard InChI is InChI=1S/C7H11F3O2.C7H18Si/c1-4-6(2,5(11)12-3)7(8,9)10;1-6-7(2)8(3,4)5/h4H2,1-3H3;7H,6H2,1-5H3. The monoisotopic (exact) mass is 314 g/mol. The molecule has 0 heterocycles. The van der Waals surface area contributed by atoms with Crippen molar-refractivity contribution in [2.45, 2.75) is 71.9 Å². The number of ether oxygens (including phenoxy) is 1. The van der Waals surface area contributed by atoms with Gasteiger partial charge in [-0.15, -0.1) is 0 Å². The topological polar surface area (TPSA) is 26.3 Å². The Morgan fingerprint density at radius 3 is 1.65 bits per heavy atom. The number of hydrogen-bond donors (Lipinski definition) is 0. The van der Waals surface area contributed by atoms with Crippen molar-refractivity contribution in [1.29, 1.82) is 0 Å². The van der Waals surface area contributed by atoms with Gasteiger partial charge >= 0.3 is 12.1 Å². The van der Waals surface area contributed by atoms with Gasteiger partial charge in [0.25, 0.3) is 0 Å². The molecule has 122 valence electrons. The van der Waals surface area contributed by atoms with E-state index in [0.29, 0.717) is 0 Å². The molecule has 6 heteroatoms. The van der Waals surface area contributed by atoms with Crippen molar-refractivity contribution in [2.24, 2.45) is 5.41 Å². The van der Waals surface area contributed by atoms with Gasteiger partial charge in [0.05, 0.1) is 7.11 Å². The molecule has 0 aromatic rings. The van der Waals surface area contributed by atoms with Gasteiger partial charge in [-0.2, -0.15) is 13.2 Å². The predicted octanol–water partition coefficient (Wildman–Crippen LogP) is 5.26. The molecule has 0 aliphatic heterocycles. The lowest BCUT2D eigenvalue weighted by molar-refractivity contribution is -0.229. The maximum atomic E-state index is 12.2. The Kier molecular flexibility index (Phi) is 8.76. The van der Waals surface area contributed by atoms with Crippen molar-refractivity contribution >= 4 is 14.0 Å². The molecule has 2 nitrogen and oxygen atoms in total. The van der Waals surface area contributed by atoms with Crippen LogP contribution in [0.1, 0.15) is 40.5 Å². The van der Waals surface area contributed by atoms with Crippen LogP contribution >= 0.6 is 0 Å². The molecule has 0 saturated heterocycles. The first-order valence-corrected chi connectivity index (χ1v) is 10.5. The molecule has 0 rings (SSSR count). The van der Waals surface area contributed by atoms with E-state index in [0.717, 1.165) is 19.6 Å². The minimum atomic E-state index is -4.55. The van der Waals surface area contributed by atoms with Gasteiger partial charge in [-0.25, -0.2) is 0 Å². The number of methoxy groups -OCH3 is 1. The summed E-state index contributed by atoms with van der Waals surface area (Å²) in [6.07, 6.45) is -3.51. The lowest BCUT2D eigenvalue weighted by Crippen LogP contribution is -2.42. The number of carbonyl (C=O) groups is 1. The Bertz CT molecular complexity index is 298. The van der Waals surface area contributed by atoms with E-state index < -0.39 is 25.6 Å². The summed E-state index contributed by atoms with van der Waals surface area (Å²) in [4.78, 5) is 10.8. The molecule has 0 fully saturated rings. The second kappa shape index (κ2) is 8.05. The van der Waals surface area contributed by atoms with Crippen LogP contribution in [0.2, 0.25) is 25.2 Å². The third kappa shape index (κ3) is 6.28. The van der Waals surface area contributed by atoms with Gasteiger partial charge in [0.1, 0.15) is 0 Å². The molecule has 2 atom stereocenters. The highest BCUT2D eigenvalue weighted by atomic mass is 28.3. The number of carbonyl (C=O) groups excluding carboxylic acids is 1. The molecule has 0 N–H and O–H groups in total. The first kappa shape index (κ1) is 21.8. The molecule has 20 heavy (non-hydrogen) atoms. The minimum Gasteiger partial charge on any atom is -0.468 e. The van der Waals surface area contributed by atoms with Crippen LogP contribution in [-0.2, 0) is 9.53 Å². The highest BCUT2D eigenvalue weighted by Gasteiger charge is 2.56. The lowest BCUT2D eigenvalue weighted by atomic mass is 9.87. The first-order chi connectivity index (χ1) is 8.77. The lowest BCUT2D eigenvalue weighted by Gasteiger charge is -2.27. The number of hydrogen-bond acceptors (Lipinski definition) is 2. The Labute approximate surface area is 122 Å². The molecule has 2 unspecified atom stereocenters. The van der Waals surface area contributed by atoms with Gasteiger partial charge in [0, 0.05) is 8.07 Å². The quantitative estimate of drug-likeness (QED) is 0.522. The average Bonchev–Trinajstić information content (AvgIpc) is 2.33. The fourth-order valence-corrected chi connectivity index (χ4v) is 2.52. The zero-order valence-electron chi connectivity index (χ0n) is 13.9. The van der Waals surface area contributed by atoms with Crippen LogP contribution in [0.25, 0.3) is 0 Å². The van der Waals surface area contributed by atoms with E-state index in [1.54, 1.807) is 0 Å². The zero-order chi connectivity index (χ0) is 16.8. The fourth-order valence-electron chi connectivity index (χ4n) is 1.30. The summed E-state index contributed by atoms with van der Waals surface area (Å²) < 4.78 is 40.8. The van der Waals surface area contributed by atoms with E-state index >= 15 is 0 Å². The fraction of sp³-hybridized carbons (Fsp3) is 0.929. The molecule has 0 aliphatic carbocycles. The highest BCUT2D eigenvalue weighted by molar-refractivity contribution is 6.77. The third-order valence-electron chi connectivity index (χ3n) is 4.06. The van der Waals surface area contributed by atoms with E-state index in [2.05, 4.69) is 38.2 Å². The zero-order valence-corrected chi connectivity index (χ0v) is 14.9. The molecule has 0 spiro atoms. The largest absolute Gasteiger partial charge is 0.468 e. The van der Waals surface area contributed by atoms with E-state index in [9.17, 15) is 18.0 Å². The maximum absolute atomic E-state index is 12.2. The molecular formula is C14H29F3O2Si. The Morgan fingerprint density at radius 1 is 1.20 bits per heavy atom. The average molecular weight is 314 g/mol. The van der Waals surface area contributed by atoms with E-state index in [1.165, 1.54) is 13.3 Å². The number of alkyl halides is 3. The Balaban J connectivity index is 0. The number of esters is 1. The van der Waals surface area contributed by atoms with Crippen molar-refractivity contribution in [3.05, 3.63) is 0 Å². The van der Waals surface area contributed by atoms with Crippen molar-refractivity contribution in [3.8, 4) is 0 Å². The minimum absolute atomic E-state index is 0.316. The molecule has 0 aliphatic rings. The van der Waals surface area contributed by atoms with Crippen molar-refractivity contribution in [3.63, 3.8) is 0 Å². The summed E-state index contributed by atoms with van der Waals surface area (Å²) in [5.41, 5.74) is -1.38. The van der Waals surface area contributed by atoms with Crippen LogP contribution in [0.4, 0.5) is 13.2 Å². The van der Waals surface area contributed by atoms with Crippen molar-refractivity contribution < 1.29 is 22.7 Å². The second-order valence-corrected chi connectivity index (χ2v) is 12.1. The summed E-state index contributed by atoms with van der Waals surface area (Å²) in [7, 11) is 0.186. The highest BCUT2D eigenvalue weighted by Crippen LogP contribution is 2.41.